The monoisotopic (exact) mass is 541 g/mol. The van der Waals surface area contributed by atoms with Crippen LogP contribution >= 0.6 is 7.82 Å². The second kappa shape index (κ2) is 15.9. The van der Waals surface area contributed by atoms with E-state index in [2.05, 4.69) is 12.2 Å². The number of phosphoric acid groups is 1. The van der Waals surface area contributed by atoms with Crippen LogP contribution in [0.5, 0.6) is 5.75 Å². The van der Waals surface area contributed by atoms with Crippen LogP contribution in [0.3, 0.4) is 0 Å². The largest absolute Gasteiger partial charge is 0.531 e. The van der Waals surface area contributed by atoms with Gasteiger partial charge >= 0.3 is 7.82 Å². The Labute approximate surface area is 225 Å². The van der Waals surface area contributed by atoms with Gasteiger partial charge in [0.2, 0.25) is 5.91 Å². The summed E-state index contributed by atoms with van der Waals surface area (Å²) in [5, 5.41) is 12.5. The number of phosphoric ester groups is 1. The van der Waals surface area contributed by atoms with E-state index in [1.165, 1.54) is 44.9 Å². The summed E-state index contributed by atoms with van der Waals surface area (Å²) in [7, 11) is -4.05. The molecule has 0 heterocycles. The lowest BCUT2D eigenvalue weighted by Crippen LogP contribution is -2.26. The SMILES string of the molecule is CCCCCCCCCCCC(C)C(=O)Nc1cc(CO)ccc1OP(=O)(OC(C)(C)C)OC(C)(C)C. The van der Waals surface area contributed by atoms with Crippen molar-refractivity contribution >= 4 is 19.4 Å². The summed E-state index contributed by atoms with van der Waals surface area (Å²) in [4.78, 5) is 13.0. The van der Waals surface area contributed by atoms with E-state index in [9.17, 15) is 14.5 Å². The molecular weight excluding hydrogens is 489 g/mol. The zero-order valence-electron chi connectivity index (χ0n) is 24.5. The number of hydrogen-bond acceptors (Lipinski definition) is 6. The summed E-state index contributed by atoms with van der Waals surface area (Å²) in [6, 6.07) is 4.84. The summed E-state index contributed by atoms with van der Waals surface area (Å²) >= 11 is 0. The van der Waals surface area contributed by atoms with Gasteiger partial charge in [-0.2, -0.15) is 0 Å². The van der Waals surface area contributed by atoms with Crippen molar-refractivity contribution in [2.24, 2.45) is 5.92 Å². The fourth-order valence-corrected chi connectivity index (χ4v) is 5.70. The Morgan fingerprint density at radius 3 is 1.92 bits per heavy atom. The highest BCUT2D eigenvalue weighted by atomic mass is 31.2. The molecule has 0 aliphatic heterocycles. The number of aliphatic hydroxyl groups is 1. The van der Waals surface area contributed by atoms with Crippen molar-refractivity contribution < 1.29 is 28.0 Å². The fourth-order valence-electron chi connectivity index (χ4n) is 3.85. The number of carbonyl (C=O) groups excluding carboxylic acids is 1. The van der Waals surface area contributed by atoms with Gasteiger partial charge in [0.15, 0.2) is 5.75 Å². The zero-order valence-corrected chi connectivity index (χ0v) is 25.4. The molecule has 0 spiro atoms. The molecule has 1 aromatic rings. The quantitative estimate of drug-likeness (QED) is 0.151. The number of nitrogens with one attached hydrogen (secondary N) is 1. The Morgan fingerprint density at radius 2 is 1.43 bits per heavy atom. The number of anilines is 1. The predicted molar refractivity (Wildman–Crippen MR) is 152 cm³/mol. The van der Waals surface area contributed by atoms with Crippen LogP contribution in [0.4, 0.5) is 5.69 Å². The maximum Gasteiger partial charge on any atom is 0.531 e. The topological polar surface area (TPSA) is 94.1 Å². The molecule has 0 radical (unpaired) electrons. The first-order valence-electron chi connectivity index (χ1n) is 13.9. The molecule has 8 heteroatoms. The normalized spacial score (nSPS) is 13.4. The highest BCUT2D eigenvalue weighted by Gasteiger charge is 2.39. The molecule has 0 saturated carbocycles. The zero-order chi connectivity index (χ0) is 28.1. The van der Waals surface area contributed by atoms with E-state index >= 15 is 0 Å². The summed E-state index contributed by atoms with van der Waals surface area (Å²) in [6.45, 7) is 14.5. The Balaban J connectivity index is 2.83. The number of carbonyl (C=O) groups is 1. The van der Waals surface area contributed by atoms with E-state index in [1.807, 2.05) is 6.92 Å². The Bertz CT molecular complexity index is 839. The molecule has 0 fully saturated rings. The molecule has 1 amide bonds. The van der Waals surface area contributed by atoms with Crippen LogP contribution in [0.15, 0.2) is 18.2 Å². The lowest BCUT2D eigenvalue weighted by atomic mass is 10.0. The van der Waals surface area contributed by atoms with Crippen molar-refractivity contribution in [3.05, 3.63) is 23.8 Å². The van der Waals surface area contributed by atoms with Crippen molar-refractivity contribution in [1.82, 2.24) is 0 Å². The van der Waals surface area contributed by atoms with Gasteiger partial charge in [-0.05, 0) is 65.7 Å². The van der Waals surface area contributed by atoms with Gasteiger partial charge in [-0.3, -0.25) is 13.8 Å². The number of unbranched alkanes of at least 4 members (excludes halogenated alkanes) is 8. The summed E-state index contributed by atoms with van der Waals surface area (Å²) < 4.78 is 30.9. The Hall–Kier alpha value is -1.40. The van der Waals surface area contributed by atoms with E-state index in [4.69, 9.17) is 13.6 Å². The number of hydrogen-bond donors (Lipinski definition) is 2. The third-order valence-electron chi connectivity index (χ3n) is 5.65. The Morgan fingerprint density at radius 1 is 0.919 bits per heavy atom. The minimum Gasteiger partial charge on any atom is -0.402 e. The minimum atomic E-state index is -4.05. The van der Waals surface area contributed by atoms with Crippen molar-refractivity contribution in [3.8, 4) is 5.75 Å². The van der Waals surface area contributed by atoms with Crippen LogP contribution in [0.2, 0.25) is 0 Å². The second-order valence-electron chi connectivity index (χ2n) is 11.9. The lowest BCUT2D eigenvalue weighted by Gasteiger charge is -2.31. The van der Waals surface area contributed by atoms with Crippen molar-refractivity contribution in [3.63, 3.8) is 0 Å². The Kier molecular flexibility index (Phi) is 14.4. The molecule has 214 valence electrons. The van der Waals surface area contributed by atoms with Crippen LogP contribution in [0, 0.1) is 5.92 Å². The van der Waals surface area contributed by atoms with Crippen LogP contribution < -0.4 is 9.84 Å². The molecule has 0 bridgehead atoms. The highest BCUT2D eigenvalue weighted by molar-refractivity contribution is 7.49. The molecular formula is C29H52NO6P. The van der Waals surface area contributed by atoms with Gasteiger partial charge in [-0.25, -0.2) is 4.57 Å². The molecule has 0 aromatic heterocycles. The lowest BCUT2D eigenvalue weighted by molar-refractivity contribution is -0.119. The standard InChI is InChI=1S/C29H52NO6P/c1-9-10-11-12-13-14-15-16-17-18-23(2)27(32)30-25-21-24(22-31)19-20-26(25)34-37(33,35-28(3,4)5)36-29(6,7)8/h19-21,23,31H,9-18,22H2,1-8H3,(H,30,32). The molecule has 0 saturated heterocycles. The third kappa shape index (κ3) is 14.9. The van der Waals surface area contributed by atoms with E-state index in [1.54, 1.807) is 59.7 Å². The molecule has 1 atom stereocenters. The third-order valence-corrected chi connectivity index (χ3v) is 7.62. The van der Waals surface area contributed by atoms with Gasteiger partial charge in [0.1, 0.15) is 0 Å². The van der Waals surface area contributed by atoms with Gasteiger partial charge in [0, 0.05) is 5.92 Å². The first-order valence-corrected chi connectivity index (χ1v) is 15.4. The maximum absolute atomic E-state index is 13.6. The summed E-state index contributed by atoms with van der Waals surface area (Å²) in [6.07, 6.45) is 11.9. The molecule has 1 aromatic carbocycles. The van der Waals surface area contributed by atoms with Crippen LogP contribution in [-0.2, 0) is 25.0 Å². The van der Waals surface area contributed by atoms with E-state index in [0.29, 0.717) is 11.3 Å². The van der Waals surface area contributed by atoms with Crippen LogP contribution in [-0.4, -0.2) is 22.2 Å². The molecule has 1 rings (SSSR count). The predicted octanol–water partition coefficient (Wildman–Crippen LogP) is 8.79. The van der Waals surface area contributed by atoms with Gasteiger partial charge in [0.05, 0.1) is 23.5 Å². The highest BCUT2D eigenvalue weighted by Crippen LogP contribution is 2.56. The number of aliphatic hydroxyl groups excluding tert-OH is 1. The molecule has 1 unspecified atom stereocenters. The van der Waals surface area contributed by atoms with Gasteiger partial charge in [-0.15, -0.1) is 0 Å². The number of rotatable bonds is 17. The maximum atomic E-state index is 13.6. The number of amides is 1. The molecule has 37 heavy (non-hydrogen) atoms. The minimum absolute atomic E-state index is 0.150. The molecule has 0 aliphatic carbocycles. The first kappa shape index (κ1) is 33.6. The first-order chi connectivity index (χ1) is 17.2. The van der Waals surface area contributed by atoms with Crippen LogP contribution in [0.25, 0.3) is 0 Å². The van der Waals surface area contributed by atoms with Gasteiger partial charge in [-0.1, -0.05) is 77.7 Å². The molecule has 2 N–H and O–H groups in total. The average molecular weight is 542 g/mol. The molecule has 7 nitrogen and oxygen atoms in total. The summed E-state index contributed by atoms with van der Waals surface area (Å²) in [5.41, 5.74) is -0.665. The second-order valence-corrected chi connectivity index (χ2v) is 13.4. The fraction of sp³-hybridized carbons (Fsp3) is 0.759. The average Bonchev–Trinajstić information content (AvgIpc) is 2.76. The van der Waals surface area contributed by atoms with E-state index < -0.39 is 19.0 Å². The van der Waals surface area contributed by atoms with Crippen molar-refractivity contribution in [1.29, 1.82) is 0 Å². The van der Waals surface area contributed by atoms with Crippen molar-refractivity contribution in [2.75, 3.05) is 5.32 Å². The van der Waals surface area contributed by atoms with E-state index in [-0.39, 0.29) is 24.2 Å². The molecule has 0 aliphatic rings. The van der Waals surface area contributed by atoms with E-state index in [0.717, 1.165) is 19.3 Å². The van der Waals surface area contributed by atoms with Crippen LogP contribution in [0.1, 0.15) is 125 Å². The van der Waals surface area contributed by atoms with Crippen molar-refractivity contribution in [2.45, 2.75) is 137 Å². The van der Waals surface area contributed by atoms with Gasteiger partial charge in [0.25, 0.3) is 0 Å². The smallest absolute Gasteiger partial charge is 0.402 e. The van der Waals surface area contributed by atoms with Gasteiger partial charge < -0.3 is 14.9 Å². The number of benzene rings is 1. The summed E-state index contributed by atoms with van der Waals surface area (Å²) in [5.74, 6) is -0.181.